The van der Waals surface area contributed by atoms with Crippen LogP contribution in [0.5, 0.6) is 0 Å². The molecule has 0 radical (unpaired) electrons. The number of carbonyl (C=O) groups excluding carboxylic acids is 1. The smallest absolute Gasteiger partial charge is 0.270 e. The Hall–Kier alpha value is -2.16. The highest BCUT2D eigenvalue weighted by Crippen LogP contribution is 2.42. The molecule has 3 unspecified atom stereocenters. The number of carbonyl (C=O) groups is 1. The van der Waals surface area contributed by atoms with E-state index in [2.05, 4.69) is 35.4 Å². The predicted molar refractivity (Wildman–Crippen MR) is 87.7 cm³/mol. The largest absolute Gasteiger partial charge is 0.350 e. The number of benzene rings is 1. The van der Waals surface area contributed by atoms with Crippen LogP contribution in [0.25, 0.3) is 10.8 Å². The molecule has 4 rings (SSSR count). The molecule has 3 atom stereocenters. The lowest BCUT2D eigenvalue weighted by Gasteiger charge is -2.18. The molecule has 1 heterocycles. The molecule has 0 spiro atoms. The molecule has 22 heavy (non-hydrogen) atoms. The van der Waals surface area contributed by atoms with E-state index in [0.717, 1.165) is 23.2 Å². The first kappa shape index (κ1) is 13.5. The molecule has 3 nitrogen and oxygen atoms in total. The fraction of sp³-hybridized carbons (Fsp3) is 0.368. The second kappa shape index (κ2) is 5.24. The fourth-order valence-corrected chi connectivity index (χ4v) is 3.98. The average molecular weight is 292 g/mol. The summed E-state index contributed by atoms with van der Waals surface area (Å²) in [6.45, 7) is 2.82. The first-order valence-corrected chi connectivity index (χ1v) is 8.03. The van der Waals surface area contributed by atoms with Crippen LogP contribution in [0.1, 0.15) is 28.9 Å². The third-order valence-corrected chi connectivity index (χ3v) is 5.18. The van der Waals surface area contributed by atoms with Gasteiger partial charge in [0.1, 0.15) is 5.69 Å². The Labute approximate surface area is 130 Å². The van der Waals surface area contributed by atoms with Crippen molar-refractivity contribution in [3.63, 3.8) is 0 Å². The van der Waals surface area contributed by atoms with Crippen molar-refractivity contribution < 1.29 is 4.79 Å². The highest BCUT2D eigenvalue weighted by molar-refractivity contribution is 6.05. The topological polar surface area (TPSA) is 42.0 Å². The van der Waals surface area contributed by atoms with E-state index < -0.39 is 0 Å². The first-order chi connectivity index (χ1) is 10.7. The number of rotatable bonds is 3. The van der Waals surface area contributed by atoms with E-state index in [9.17, 15) is 4.79 Å². The number of aromatic nitrogens is 1. The minimum Gasteiger partial charge on any atom is -0.350 e. The van der Waals surface area contributed by atoms with E-state index in [0.29, 0.717) is 17.5 Å². The molecule has 1 N–H and O–H groups in total. The van der Waals surface area contributed by atoms with Crippen LogP contribution < -0.4 is 5.32 Å². The number of nitrogens with zero attached hydrogens (tertiary/aromatic N) is 1. The van der Waals surface area contributed by atoms with Gasteiger partial charge in [0, 0.05) is 18.1 Å². The van der Waals surface area contributed by atoms with Crippen LogP contribution in [-0.2, 0) is 0 Å². The van der Waals surface area contributed by atoms with Crippen LogP contribution in [0.15, 0.2) is 42.6 Å². The van der Waals surface area contributed by atoms with Crippen LogP contribution in [0.3, 0.4) is 0 Å². The van der Waals surface area contributed by atoms with Crippen molar-refractivity contribution in [3.8, 4) is 0 Å². The van der Waals surface area contributed by atoms with E-state index in [1.165, 1.54) is 18.4 Å². The monoisotopic (exact) mass is 292 g/mol. The van der Waals surface area contributed by atoms with Gasteiger partial charge in [0.05, 0.1) is 0 Å². The summed E-state index contributed by atoms with van der Waals surface area (Å²) in [4.78, 5) is 16.9. The maximum absolute atomic E-state index is 12.5. The van der Waals surface area contributed by atoms with E-state index >= 15 is 0 Å². The van der Waals surface area contributed by atoms with Crippen LogP contribution >= 0.6 is 0 Å². The van der Waals surface area contributed by atoms with Crippen molar-refractivity contribution in [1.82, 2.24) is 10.3 Å². The maximum atomic E-state index is 12.5. The number of fused-ring (bicyclic) bond motifs is 3. The molecule has 2 aliphatic rings. The van der Waals surface area contributed by atoms with Gasteiger partial charge in [-0.15, -0.1) is 0 Å². The Kier molecular flexibility index (Phi) is 3.21. The molecule has 1 saturated carbocycles. The molecule has 2 aliphatic carbocycles. The summed E-state index contributed by atoms with van der Waals surface area (Å²) < 4.78 is 0. The van der Waals surface area contributed by atoms with Gasteiger partial charge in [-0.25, -0.2) is 0 Å². The van der Waals surface area contributed by atoms with Gasteiger partial charge in [0.2, 0.25) is 0 Å². The first-order valence-electron chi connectivity index (χ1n) is 8.03. The molecule has 0 aliphatic heterocycles. The van der Waals surface area contributed by atoms with Gasteiger partial charge in [0.25, 0.3) is 5.91 Å². The number of hydrogen-bond acceptors (Lipinski definition) is 2. The summed E-state index contributed by atoms with van der Waals surface area (Å²) in [5, 5.41) is 5.14. The Balaban J connectivity index is 1.53. The molecule has 2 bridgehead atoms. The van der Waals surface area contributed by atoms with Crippen LogP contribution in [0.4, 0.5) is 0 Å². The summed E-state index contributed by atoms with van der Waals surface area (Å²) in [7, 11) is 0. The normalized spacial score (nSPS) is 25.8. The molecule has 1 amide bonds. The summed E-state index contributed by atoms with van der Waals surface area (Å²) in [5.41, 5.74) is 1.71. The highest BCUT2D eigenvalue weighted by Gasteiger charge is 2.35. The molecule has 3 heteroatoms. The fourth-order valence-electron chi connectivity index (χ4n) is 3.98. The molecule has 2 aromatic rings. The number of allylic oxidation sites excluding steroid dienone is 2. The van der Waals surface area contributed by atoms with E-state index in [4.69, 9.17) is 0 Å². The standard InChI is InChI=1S/C19H20N2O/c1-12-3-2-4-17-16(12)7-8-20-18(17)19(22)21-11-15-10-13-5-6-14(15)9-13/h2-8,13-15H,9-11H2,1H3,(H,21,22). The molecular weight excluding hydrogens is 272 g/mol. The van der Waals surface area contributed by atoms with Gasteiger partial charge in [-0.2, -0.15) is 0 Å². The van der Waals surface area contributed by atoms with Crippen molar-refractivity contribution >= 4 is 16.7 Å². The predicted octanol–water partition coefficient (Wildman–Crippen LogP) is 3.49. The maximum Gasteiger partial charge on any atom is 0.270 e. The highest BCUT2D eigenvalue weighted by atomic mass is 16.1. The lowest BCUT2D eigenvalue weighted by atomic mass is 9.93. The van der Waals surface area contributed by atoms with E-state index in [1.54, 1.807) is 6.20 Å². The van der Waals surface area contributed by atoms with Gasteiger partial charge in [-0.05, 0) is 54.5 Å². The quantitative estimate of drug-likeness (QED) is 0.880. The zero-order valence-electron chi connectivity index (χ0n) is 12.8. The number of amides is 1. The van der Waals surface area contributed by atoms with Crippen molar-refractivity contribution in [2.24, 2.45) is 17.8 Å². The third-order valence-electron chi connectivity index (χ3n) is 5.18. The summed E-state index contributed by atoms with van der Waals surface area (Å²) in [6.07, 6.45) is 8.86. The van der Waals surface area contributed by atoms with Crippen molar-refractivity contribution in [3.05, 3.63) is 53.9 Å². The van der Waals surface area contributed by atoms with Crippen molar-refractivity contribution in [2.45, 2.75) is 19.8 Å². The molecule has 0 saturated heterocycles. The van der Waals surface area contributed by atoms with Gasteiger partial charge in [0.15, 0.2) is 0 Å². The second-order valence-corrected chi connectivity index (χ2v) is 6.58. The summed E-state index contributed by atoms with van der Waals surface area (Å²) in [6, 6.07) is 8.00. The number of nitrogens with one attached hydrogen (secondary N) is 1. The Morgan fingerprint density at radius 3 is 2.91 bits per heavy atom. The average Bonchev–Trinajstić information content (AvgIpc) is 3.15. The van der Waals surface area contributed by atoms with E-state index in [1.807, 2.05) is 18.2 Å². The lowest BCUT2D eigenvalue weighted by molar-refractivity contribution is 0.0942. The SMILES string of the molecule is Cc1cccc2c(C(=O)NCC3CC4C=CC3C4)nccc12. The number of hydrogen-bond donors (Lipinski definition) is 1. The van der Waals surface area contributed by atoms with Crippen LogP contribution in [0.2, 0.25) is 0 Å². The Morgan fingerprint density at radius 2 is 2.14 bits per heavy atom. The lowest BCUT2D eigenvalue weighted by Crippen LogP contribution is -2.31. The zero-order valence-corrected chi connectivity index (χ0v) is 12.8. The molecular formula is C19H20N2O. The molecule has 112 valence electrons. The minimum absolute atomic E-state index is 0.0528. The van der Waals surface area contributed by atoms with Gasteiger partial charge < -0.3 is 5.32 Å². The van der Waals surface area contributed by atoms with Gasteiger partial charge >= 0.3 is 0 Å². The molecule has 1 fully saturated rings. The molecule has 1 aromatic carbocycles. The van der Waals surface area contributed by atoms with Crippen LogP contribution in [0, 0.1) is 24.7 Å². The molecule has 1 aromatic heterocycles. The van der Waals surface area contributed by atoms with Crippen molar-refractivity contribution in [1.29, 1.82) is 0 Å². The zero-order chi connectivity index (χ0) is 15.1. The Bertz CT molecular complexity index is 765. The third kappa shape index (κ3) is 2.21. The number of pyridine rings is 1. The Morgan fingerprint density at radius 1 is 1.23 bits per heavy atom. The van der Waals surface area contributed by atoms with Crippen LogP contribution in [-0.4, -0.2) is 17.4 Å². The van der Waals surface area contributed by atoms with Crippen molar-refractivity contribution in [2.75, 3.05) is 6.54 Å². The van der Waals surface area contributed by atoms with E-state index in [-0.39, 0.29) is 5.91 Å². The van der Waals surface area contributed by atoms with Gasteiger partial charge in [-0.3, -0.25) is 9.78 Å². The minimum atomic E-state index is -0.0528. The second-order valence-electron chi connectivity index (χ2n) is 6.58. The van der Waals surface area contributed by atoms with Gasteiger partial charge in [-0.1, -0.05) is 30.4 Å². The summed E-state index contributed by atoms with van der Waals surface area (Å²) in [5.74, 6) is 1.94. The number of aryl methyl sites for hydroxylation is 1. The summed E-state index contributed by atoms with van der Waals surface area (Å²) >= 11 is 0.